The van der Waals surface area contributed by atoms with E-state index in [9.17, 15) is 9.59 Å². The second-order valence-electron chi connectivity index (χ2n) is 3.59. The summed E-state index contributed by atoms with van der Waals surface area (Å²) >= 11 is 11.2. The number of alkyl halides is 2. The number of benzene rings is 1. The van der Waals surface area contributed by atoms with Crippen molar-refractivity contribution in [2.24, 2.45) is 0 Å². The Labute approximate surface area is 110 Å². The molecule has 0 bridgehead atoms. The average Bonchev–Trinajstić information content (AvgIpc) is 2.29. The Morgan fingerprint density at radius 3 is 2.24 bits per heavy atom. The molecule has 0 radical (unpaired) electrons. The van der Waals surface area contributed by atoms with Gasteiger partial charge in [0.1, 0.15) is 6.10 Å². The van der Waals surface area contributed by atoms with Crippen LogP contribution >= 0.6 is 23.2 Å². The lowest BCUT2D eigenvalue weighted by Crippen LogP contribution is -2.36. The SMILES string of the molecule is CC(=O)C(Cl)(Cl)C(=O)OC(C)c1ccccc1. The number of halogens is 2. The van der Waals surface area contributed by atoms with E-state index in [1.807, 2.05) is 18.2 Å². The topological polar surface area (TPSA) is 43.4 Å². The molecule has 1 rings (SSSR count). The molecule has 1 aromatic carbocycles. The maximum absolute atomic E-state index is 11.6. The normalized spacial score (nSPS) is 12.9. The van der Waals surface area contributed by atoms with Gasteiger partial charge in [-0.3, -0.25) is 4.79 Å². The molecule has 0 aliphatic heterocycles. The third-order valence-electron chi connectivity index (χ3n) is 2.25. The highest BCUT2D eigenvalue weighted by Crippen LogP contribution is 2.27. The van der Waals surface area contributed by atoms with E-state index < -0.39 is 22.2 Å². The van der Waals surface area contributed by atoms with Gasteiger partial charge in [-0.05, 0) is 19.4 Å². The van der Waals surface area contributed by atoms with Crippen molar-refractivity contribution in [2.75, 3.05) is 0 Å². The minimum atomic E-state index is -2.14. The van der Waals surface area contributed by atoms with Gasteiger partial charge in [-0.15, -0.1) is 0 Å². The molecule has 0 fully saturated rings. The fraction of sp³-hybridized carbons (Fsp3) is 0.333. The van der Waals surface area contributed by atoms with Crippen molar-refractivity contribution in [2.45, 2.75) is 24.3 Å². The minimum Gasteiger partial charge on any atom is -0.455 e. The van der Waals surface area contributed by atoms with Crippen LogP contribution < -0.4 is 0 Å². The molecule has 1 unspecified atom stereocenters. The molecule has 0 aliphatic carbocycles. The van der Waals surface area contributed by atoms with Crippen LogP contribution in [0.2, 0.25) is 0 Å². The van der Waals surface area contributed by atoms with E-state index in [4.69, 9.17) is 27.9 Å². The Balaban J connectivity index is 2.74. The number of ether oxygens (including phenoxy) is 1. The summed E-state index contributed by atoms with van der Waals surface area (Å²) in [6.45, 7) is 2.81. The van der Waals surface area contributed by atoms with Crippen LogP contribution in [-0.2, 0) is 14.3 Å². The maximum Gasteiger partial charge on any atom is 0.351 e. The van der Waals surface area contributed by atoms with Crippen LogP contribution in [0.4, 0.5) is 0 Å². The largest absolute Gasteiger partial charge is 0.455 e. The predicted octanol–water partition coefficient (Wildman–Crippen LogP) is 3.05. The Hall–Kier alpha value is -1.06. The molecule has 0 saturated heterocycles. The van der Waals surface area contributed by atoms with Gasteiger partial charge < -0.3 is 4.74 Å². The smallest absolute Gasteiger partial charge is 0.351 e. The summed E-state index contributed by atoms with van der Waals surface area (Å²) in [6, 6.07) is 9.09. The van der Waals surface area contributed by atoms with Crippen LogP contribution in [0.15, 0.2) is 30.3 Å². The van der Waals surface area contributed by atoms with E-state index in [1.165, 1.54) is 0 Å². The van der Waals surface area contributed by atoms with Gasteiger partial charge in [-0.1, -0.05) is 53.5 Å². The highest BCUT2D eigenvalue weighted by atomic mass is 35.5. The third kappa shape index (κ3) is 3.45. The number of hydrogen-bond donors (Lipinski definition) is 0. The molecule has 5 heteroatoms. The summed E-state index contributed by atoms with van der Waals surface area (Å²) in [6.07, 6.45) is -0.514. The zero-order valence-electron chi connectivity index (χ0n) is 9.44. The first-order chi connectivity index (χ1) is 7.85. The number of carbonyl (C=O) groups is 2. The van der Waals surface area contributed by atoms with E-state index in [0.29, 0.717) is 0 Å². The van der Waals surface area contributed by atoms with Crippen molar-refractivity contribution in [1.82, 2.24) is 0 Å². The van der Waals surface area contributed by atoms with Crippen LogP contribution in [-0.4, -0.2) is 16.1 Å². The first-order valence-corrected chi connectivity index (χ1v) is 5.76. The summed E-state index contributed by atoms with van der Waals surface area (Å²) in [5.74, 6) is -1.62. The molecule has 0 spiro atoms. The van der Waals surface area contributed by atoms with Crippen molar-refractivity contribution in [3.05, 3.63) is 35.9 Å². The fourth-order valence-electron chi connectivity index (χ4n) is 1.17. The van der Waals surface area contributed by atoms with Crippen LogP contribution in [0.25, 0.3) is 0 Å². The highest BCUT2D eigenvalue weighted by molar-refractivity contribution is 6.67. The Morgan fingerprint density at radius 2 is 1.76 bits per heavy atom. The van der Waals surface area contributed by atoms with E-state index >= 15 is 0 Å². The zero-order valence-corrected chi connectivity index (χ0v) is 11.0. The van der Waals surface area contributed by atoms with Gasteiger partial charge in [-0.2, -0.15) is 0 Å². The lowest BCUT2D eigenvalue weighted by atomic mass is 10.1. The summed E-state index contributed by atoms with van der Waals surface area (Å²) in [4.78, 5) is 22.6. The molecule has 0 heterocycles. The van der Waals surface area contributed by atoms with Crippen molar-refractivity contribution in [1.29, 1.82) is 0 Å². The molecule has 1 aromatic rings. The molecule has 0 saturated carbocycles. The third-order valence-corrected chi connectivity index (χ3v) is 3.09. The molecule has 0 amide bonds. The van der Waals surface area contributed by atoms with Crippen LogP contribution in [0.1, 0.15) is 25.5 Å². The van der Waals surface area contributed by atoms with Crippen LogP contribution in [0, 0.1) is 0 Å². The number of rotatable bonds is 4. The first kappa shape index (κ1) is 14.0. The lowest BCUT2D eigenvalue weighted by Gasteiger charge is -2.19. The Bertz CT molecular complexity index is 415. The van der Waals surface area contributed by atoms with Gasteiger partial charge in [0.25, 0.3) is 4.33 Å². The zero-order chi connectivity index (χ0) is 13.1. The number of Topliss-reactive ketones (excluding diaryl/α,β-unsaturated/α-hetero) is 1. The van der Waals surface area contributed by atoms with Gasteiger partial charge in [-0.25, -0.2) is 4.79 Å². The lowest BCUT2D eigenvalue weighted by molar-refractivity contribution is -0.151. The van der Waals surface area contributed by atoms with Gasteiger partial charge in [0.2, 0.25) is 0 Å². The maximum atomic E-state index is 11.6. The summed E-state index contributed by atoms with van der Waals surface area (Å²) in [7, 11) is 0. The van der Waals surface area contributed by atoms with Gasteiger partial charge in [0.05, 0.1) is 0 Å². The van der Waals surface area contributed by atoms with E-state index in [1.54, 1.807) is 19.1 Å². The second-order valence-corrected chi connectivity index (χ2v) is 4.92. The van der Waals surface area contributed by atoms with Gasteiger partial charge in [0, 0.05) is 0 Å². The number of esters is 1. The van der Waals surface area contributed by atoms with Crippen molar-refractivity contribution in [3.63, 3.8) is 0 Å². The molecular formula is C12H12Cl2O3. The predicted molar refractivity (Wildman–Crippen MR) is 66.1 cm³/mol. The fourth-order valence-corrected chi connectivity index (χ4v) is 1.26. The molecular weight excluding hydrogens is 263 g/mol. The van der Waals surface area contributed by atoms with Crippen molar-refractivity contribution >= 4 is 35.0 Å². The van der Waals surface area contributed by atoms with Crippen LogP contribution in [0.3, 0.4) is 0 Å². The molecule has 92 valence electrons. The molecule has 1 atom stereocenters. The molecule has 0 aliphatic rings. The van der Waals surface area contributed by atoms with Crippen LogP contribution in [0.5, 0.6) is 0 Å². The number of hydrogen-bond acceptors (Lipinski definition) is 3. The second kappa shape index (κ2) is 5.52. The number of ketones is 1. The molecule has 17 heavy (non-hydrogen) atoms. The van der Waals surface area contributed by atoms with Gasteiger partial charge in [0.15, 0.2) is 5.78 Å². The standard InChI is InChI=1S/C12H12Cl2O3/c1-8(10-6-4-3-5-7-10)17-11(16)12(13,14)9(2)15/h3-8H,1-2H3. The average molecular weight is 275 g/mol. The molecule has 0 N–H and O–H groups in total. The summed E-state index contributed by atoms with van der Waals surface area (Å²) in [5, 5.41) is 0. The van der Waals surface area contributed by atoms with E-state index in [-0.39, 0.29) is 0 Å². The monoisotopic (exact) mass is 274 g/mol. The summed E-state index contributed by atoms with van der Waals surface area (Å²) < 4.78 is 2.90. The van der Waals surface area contributed by atoms with E-state index in [2.05, 4.69) is 0 Å². The Morgan fingerprint density at radius 1 is 1.24 bits per heavy atom. The molecule has 0 aromatic heterocycles. The van der Waals surface area contributed by atoms with Gasteiger partial charge >= 0.3 is 5.97 Å². The Kier molecular flexibility index (Phi) is 4.54. The molecule has 3 nitrogen and oxygen atoms in total. The minimum absolute atomic E-state index is 0.514. The summed E-state index contributed by atoms with van der Waals surface area (Å²) in [5.41, 5.74) is 0.800. The quantitative estimate of drug-likeness (QED) is 0.482. The van der Waals surface area contributed by atoms with E-state index in [0.717, 1.165) is 12.5 Å². The van der Waals surface area contributed by atoms with Crippen molar-refractivity contribution < 1.29 is 14.3 Å². The highest BCUT2D eigenvalue weighted by Gasteiger charge is 2.41. The number of carbonyl (C=O) groups excluding carboxylic acids is 2. The van der Waals surface area contributed by atoms with Crippen molar-refractivity contribution in [3.8, 4) is 0 Å². The first-order valence-electron chi connectivity index (χ1n) is 5.00.